The molecule has 0 atom stereocenters. The molecule has 5 nitrogen and oxygen atoms in total. The molecule has 1 fully saturated rings. The maximum Gasteiger partial charge on any atom is 0.142 e. The molecule has 2 aromatic carbocycles. The van der Waals surface area contributed by atoms with Crippen molar-refractivity contribution in [2.45, 2.75) is 19.3 Å². The first-order valence-electron chi connectivity index (χ1n) is 10.3. The lowest BCUT2D eigenvalue weighted by Crippen LogP contribution is -2.47. The Morgan fingerprint density at radius 1 is 0.929 bits per heavy atom. The zero-order valence-electron chi connectivity index (χ0n) is 17.0. The Kier molecular flexibility index (Phi) is 5.91. The largest absolute Gasteiger partial charge is 0.495 e. The summed E-state index contributed by atoms with van der Waals surface area (Å²) in [4.78, 5) is 5.02. The van der Waals surface area contributed by atoms with Gasteiger partial charge in [-0.05, 0) is 48.6 Å². The maximum atomic E-state index is 5.55. The highest BCUT2D eigenvalue weighted by Crippen LogP contribution is 2.35. The van der Waals surface area contributed by atoms with Crippen molar-refractivity contribution in [3.8, 4) is 11.5 Å². The fourth-order valence-corrected chi connectivity index (χ4v) is 4.41. The summed E-state index contributed by atoms with van der Waals surface area (Å²) in [5.74, 6) is 1.94. The van der Waals surface area contributed by atoms with Gasteiger partial charge in [-0.3, -0.25) is 4.90 Å². The molecule has 0 saturated carbocycles. The van der Waals surface area contributed by atoms with Crippen molar-refractivity contribution in [2.75, 3.05) is 63.7 Å². The van der Waals surface area contributed by atoms with Gasteiger partial charge in [0.1, 0.15) is 11.5 Å². The standard InChI is InChI=1S/C23H31N3O2/c1-27-21-8-4-3-7-20(21)26-16-14-25(15-17-26)13-11-18-9-10-22(28-2)23-19(18)6-5-12-24-23/h3-4,7-10,24H,5-6,11-17H2,1-2H3. The van der Waals surface area contributed by atoms with E-state index in [0.717, 1.165) is 63.6 Å². The summed E-state index contributed by atoms with van der Waals surface area (Å²) in [7, 11) is 3.51. The Hall–Kier alpha value is -2.40. The molecule has 2 aromatic rings. The van der Waals surface area contributed by atoms with Crippen LogP contribution in [-0.2, 0) is 12.8 Å². The van der Waals surface area contributed by atoms with Crippen LogP contribution in [0.4, 0.5) is 11.4 Å². The normalized spacial score (nSPS) is 17.0. The lowest BCUT2D eigenvalue weighted by atomic mass is 9.95. The van der Waals surface area contributed by atoms with Crippen LogP contribution in [0, 0.1) is 0 Å². The van der Waals surface area contributed by atoms with Gasteiger partial charge in [0.15, 0.2) is 0 Å². The molecule has 0 radical (unpaired) electrons. The van der Waals surface area contributed by atoms with E-state index in [0.29, 0.717) is 0 Å². The SMILES string of the molecule is COc1ccccc1N1CCN(CCc2ccc(OC)c3c2CCCN3)CC1. The first kappa shape index (κ1) is 18.9. The molecule has 2 heterocycles. The van der Waals surface area contributed by atoms with Crippen molar-refractivity contribution >= 4 is 11.4 Å². The van der Waals surface area contributed by atoms with E-state index >= 15 is 0 Å². The van der Waals surface area contributed by atoms with Crippen molar-refractivity contribution in [3.05, 3.63) is 47.5 Å². The molecule has 4 rings (SSSR count). The minimum absolute atomic E-state index is 0.966. The number of hydrogen-bond acceptors (Lipinski definition) is 5. The second kappa shape index (κ2) is 8.74. The zero-order valence-corrected chi connectivity index (χ0v) is 17.0. The van der Waals surface area contributed by atoms with Gasteiger partial charge < -0.3 is 19.7 Å². The number of methoxy groups -OCH3 is 2. The van der Waals surface area contributed by atoms with Gasteiger partial charge in [0.25, 0.3) is 0 Å². The Morgan fingerprint density at radius 2 is 1.71 bits per heavy atom. The zero-order chi connectivity index (χ0) is 19.3. The number of ether oxygens (including phenoxy) is 2. The molecule has 0 aliphatic carbocycles. The topological polar surface area (TPSA) is 37.0 Å². The Morgan fingerprint density at radius 3 is 2.50 bits per heavy atom. The maximum absolute atomic E-state index is 5.55. The average Bonchev–Trinajstić information content (AvgIpc) is 2.77. The number of para-hydroxylation sites is 2. The quantitative estimate of drug-likeness (QED) is 0.830. The summed E-state index contributed by atoms with van der Waals surface area (Å²) in [6, 6.07) is 12.7. The Balaban J connectivity index is 1.36. The van der Waals surface area contributed by atoms with E-state index in [9.17, 15) is 0 Å². The lowest BCUT2D eigenvalue weighted by Gasteiger charge is -2.36. The van der Waals surface area contributed by atoms with E-state index in [1.54, 1.807) is 14.2 Å². The number of fused-ring (bicyclic) bond motifs is 1. The molecule has 150 valence electrons. The summed E-state index contributed by atoms with van der Waals surface area (Å²) < 4.78 is 11.1. The molecule has 1 N–H and O–H groups in total. The third-order valence-electron chi connectivity index (χ3n) is 5.99. The number of benzene rings is 2. The second-order valence-corrected chi connectivity index (χ2v) is 7.56. The van der Waals surface area contributed by atoms with Crippen LogP contribution < -0.4 is 19.7 Å². The minimum atomic E-state index is 0.966. The highest BCUT2D eigenvalue weighted by molar-refractivity contribution is 5.66. The van der Waals surface area contributed by atoms with E-state index in [1.165, 1.54) is 28.9 Å². The summed E-state index contributed by atoms with van der Waals surface area (Å²) >= 11 is 0. The molecular formula is C23H31N3O2. The number of nitrogens with one attached hydrogen (secondary N) is 1. The predicted octanol–water partition coefficient (Wildman–Crippen LogP) is 3.43. The molecule has 0 unspecified atom stereocenters. The molecule has 0 aromatic heterocycles. The van der Waals surface area contributed by atoms with Crippen LogP contribution in [0.2, 0.25) is 0 Å². The predicted molar refractivity (Wildman–Crippen MR) is 115 cm³/mol. The second-order valence-electron chi connectivity index (χ2n) is 7.56. The first-order valence-corrected chi connectivity index (χ1v) is 10.3. The average molecular weight is 382 g/mol. The number of piperazine rings is 1. The van der Waals surface area contributed by atoms with Crippen molar-refractivity contribution in [1.29, 1.82) is 0 Å². The first-order chi connectivity index (χ1) is 13.8. The summed E-state index contributed by atoms with van der Waals surface area (Å²) in [5, 5.41) is 3.54. The smallest absolute Gasteiger partial charge is 0.142 e. The van der Waals surface area contributed by atoms with E-state index in [-0.39, 0.29) is 0 Å². The number of hydrogen-bond donors (Lipinski definition) is 1. The monoisotopic (exact) mass is 381 g/mol. The number of nitrogens with zero attached hydrogens (tertiary/aromatic N) is 2. The van der Waals surface area contributed by atoms with Gasteiger partial charge in [-0.25, -0.2) is 0 Å². The van der Waals surface area contributed by atoms with Crippen LogP contribution in [0.25, 0.3) is 0 Å². The fraction of sp³-hybridized carbons (Fsp3) is 0.478. The van der Waals surface area contributed by atoms with Crippen LogP contribution in [0.5, 0.6) is 11.5 Å². The summed E-state index contributed by atoms with van der Waals surface area (Å²) in [6.07, 6.45) is 3.45. The van der Waals surface area contributed by atoms with Crippen LogP contribution >= 0.6 is 0 Å². The molecule has 1 saturated heterocycles. The Bertz CT molecular complexity index is 800. The number of anilines is 2. The van der Waals surface area contributed by atoms with Crippen molar-refractivity contribution < 1.29 is 9.47 Å². The van der Waals surface area contributed by atoms with Crippen LogP contribution in [0.15, 0.2) is 36.4 Å². The minimum Gasteiger partial charge on any atom is -0.495 e. The van der Waals surface area contributed by atoms with Gasteiger partial charge in [0.2, 0.25) is 0 Å². The molecule has 0 spiro atoms. The Labute approximate surface area is 168 Å². The van der Waals surface area contributed by atoms with E-state index in [2.05, 4.69) is 39.4 Å². The molecular weight excluding hydrogens is 350 g/mol. The van der Waals surface area contributed by atoms with Gasteiger partial charge in [0.05, 0.1) is 25.6 Å². The summed E-state index contributed by atoms with van der Waals surface area (Å²) in [6.45, 7) is 6.42. The molecule has 28 heavy (non-hydrogen) atoms. The van der Waals surface area contributed by atoms with Gasteiger partial charge in [-0.15, -0.1) is 0 Å². The van der Waals surface area contributed by atoms with Gasteiger partial charge in [-0.1, -0.05) is 18.2 Å². The lowest BCUT2D eigenvalue weighted by molar-refractivity contribution is 0.260. The molecule has 2 aliphatic heterocycles. The fourth-order valence-electron chi connectivity index (χ4n) is 4.41. The highest BCUT2D eigenvalue weighted by atomic mass is 16.5. The van der Waals surface area contributed by atoms with Crippen LogP contribution in [0.3, 0.4) is 0 Å². The van der Waals surface area contributed by atoms with Crippen LogP contribution in [0.1, 0.15) is 17.5 Å². The molecule has 5 heteroatoms. The van der Waals surface area contributed by atoms with Crippen LogP contribution in [-0.4, -0.2) is 58.4 Å². The third-order valence-corrected chi connectivity index (χ3v) is 5.99. The highest BCUT2D eigenvalue weighted by Gasteiger charge is 2.21. The third kappa shape index (κ3) is 3.90. The van der Waals surface area contributed by atoms with Crippen molar-refractivity contribution in [2.24, 2.45) is 0 Å². The van der Waals surface area contributed by atoms with E-state index in [4.69, 9.17) is 9.47 Å². The van der Waals surface area contributed by atoms with Crippen molar-refractivity contribution in [3.63, 3.8) is 0 Å². The summed E-state index contributed by atoms with van der Waals surface area (Å²) in [5.41, 5.74) is 5.35. The molecule has 0 amide bonds. The van der Waals surface area contributed by atoms with Gasteiger partial charge in [-0.2, -0.15) is 0 Å². The molecule has 0 bridgehead atoms. The van der Waals surface area contributed by atoms with E-state index in [1.807, 2.05) is 12.1 Å². The van der Waals surface area contributed by atoms with Gasteiger partial charge >= 0.3 is 0 Å². The van der Waals surface area contributed by atoms with Crippen molar-refractivity contribution in [1.82, 2.24) is 4.90 Å². The molecule has 2 aliphatic rings. The number of rotatable bonds is 6. The van der Waals surface area contributed by atoms with E-state index < -0.39 is 0 Å². The van der Waals surface area contributed by atoms with Gasteiger partial charge in [0, 0.05) is 39.3 Å².